The van der Waals surface area contributed by atoms with Gasteiger partial charge in [-0.05, 0) is 37.6 Å². The van der Waals surface area contributed by atoms with Crippen molar-refractivity contribution in [1.82, 2.24) is 14.9 Å². The first-order chi connectivity index (χ1) is 17.1. The first kappa shape index (κ1) is 21.9. The number of carbonyl (C=O) groups excluding carboxylic acids is 1. The van der Waals surface area contributed by atoms with E-state index in [-0.39, 0.29) is 5.91 Å². The van der Waals surface area contributed by atoms with E-state index in [9.17, 15) is 9.70 Å². The van der Waals surface area contributed by atoms with Crippen LogP contribution in [0.15, 0.2) is 42.9 Å². The first-order valence-electron chi connectivity index (χ1n) is 12.2. The van der Waals surface area contributed by atoms with Crippen molar-refractivity contribution in [2.75, 3.05) is 38.7 Å². The summed E-state index contributed by atoms with van der Waals surface area (Å²) < 4.78 is 12.5. The number of unbranched alkanes of at least 4 members (excludes halogenated alkanes) is 1. The van der Waals surface area contributed by atoms with Gasteiger partial charge in [0.15, 0.2) is 0 Å². The van der Waals surface area contributed by atoms with Crippen molar-refractivity contribution in [3.8, 4) is 11.5 Å². The normalized spacial score (nSPS) is 23.3. The number of nitrogens with one attached hydrogen (secondary N) is 1. The molecule has 3 aliphatic rings. The maximum Gasteiger partial charge on any atom is 0.298 e. The Balaban J connectivity index is 1.07. The number of nitroso groups, excluding NO2 is 1. The molecule has 1 amide bonds. The highest BCUT2D eigenvalue weighted by Crippen LogP contribution is 2.46. The number of hydrogen-bond donors (Lipinski definition) is 1. The third-order valence-electron chi connectivity index (χ3n) is 7.53. The Kier molecular flexibility index (Phi) is 5.56. The summed E-state index contributed by atoms with van der Waals surface area (Å²) >= 11 is 0. The second-order valence-corrected chi connectivity index (χ2v) is 9.55. The number of ether oxygens (including phenoxy) is 2. The van der Waals surface area contributed by atoms with E-state index >= 15 is 0 Å². The van der Waals surface area contributed by atoms with Crippen molar-refractivity contribution < 1.29 is 19.0 Å². The average molecular weight is 475 g/mol. The van der Waals surface area contributed by atoms with Gasteiger partial charge in [0.25, 0.3) is 17.6 Å². The smallest absolute Gasteiger partial charge is 0.298 e. The molecule has 1 aromatic heterocycles. The minimum Gasteiger partial charge on any atom is -0.496 e. The lowest BCUT2D eigenvalue weighted by molar-refractivity contribution is -0.493. The third kappa shape index (κ3) is 3.80. The molecule has 3 atom stereocenters. The van der Waals surface area contributed by atoms with Crippen molar-refractivity contribution in [1.29, 1.82) is 0 Å². The van der Waals surface area contributed by atoms with Gasteiger partial charge in [0.2, 0.25) is 0 Å². The van der Waals surface area contributed by atoms with Crippen LogP contribution in [0.3, 0.4) is 0 Å². The van der Waals surface area contributed by atoms with Crippen LogP contribution in [0.5, 0.6) is 11.5 Å². The third-order valence-corrected chi connectivity index (χ3v) is 7.53. The van der Waals surface area contributed by atoms with E-state index in [2.05, 4.69) is 20.2 Å². The lowest BCUT2D eigenvalue weighted by atomic mass is 9.86. The molecule has 1 fully saturated rings. The summed E-state index contributed by atoms with van der Waals surface area (Å²) in [5, 5.41) is 3.60. The lowest BCUT2D eigenvalue weighted by Gasteiger charge is -2.29. The Hall–Kier alpha value is -3.59. The molecule has 1 N–H and O–H groups in total. The van der Waals surface area contributed by atoms with E-state index in [1.165, 1.54) is 11.9 Å². The number of rotatable bonds is 6. The first-order valence-corrected chi connectivity index (χ1v) is 12.2. The largest absolute Gasteiger partial charge is 0.496 e. The van der Waals surface area contributed by atoms with Gasteiger partial charge in [0, 0.05) is 59.5 Å². The van der Waals surface area contributed by atoms with Crippen molar-refractivity contribution in [2.45, 2.75) is 31.2 Å². The van der Waals surface area contributed by atoms with Crippen molar-refractivity contribution in [2.24, 2.45) is 5.92 Å². The Morgan fingerprint density at radius 2 is 2.14 bits per heavy atom. The molecule has 35 heavy (non-hydrogen) atoms. The van der Waals surface area contributed by atoms with Crippen LogP contribution in [0.1, 0.15) is 30.7 Å². The van der Waals surface area contributed by atoms with Crippen molar-refractivity contribution in [3.63, 3.8) is 0 Å². The number of aromatic nitrogens is 2. The van der Waals surface area contributed by atoms with E-state index < -0.39 is 6.04 Å². The molecule has 3 aromatic rings. The Morgan fingerprint density at radius 3 is 3.03 bits per heavy atom. The summed E-state index contributed by atoms with van der Waals surface area (Å²) in [5.74, 6) is 2.43. The van der Waals surface area contributed by atoms with Crippen LogP contribution >= 0.6 is 0 Å². The second kappa shape index (κ2) is 8.88. The van der Waals surface area contributed by atoms with E-state index in [1.807, 2.05) is 18.2 Å². The molecule has 9 nitrogen and oxygen atoms in total. The Morgan fingerprint density at radius 1 is 1.23 bits per heavy atom. The number of carbonyl (C=O) groups is 1. The molecule has 3 aliphatic heterocycles. The molecule has 1 unspecified atom stereocenters. The number of amides is 1. The lowest BCUT2D eigenvalue weighted by Crippen LogP contribution is -2.39. The quantitative estimate of drug-likeness (QED) is 0.430. The van der Waals surface area contributed by atoms with Crippen LogP contribution in [-0.4, -0.2) is 64.9 Å². The monoisotopic (exact) mass is 474 g/mol. The molecule has 0 spiro atoms. The van der Waals surface area contributed by atoms with Crippen LogP contribution < -0.4 is 14.8 Å². The maximum absolute atomic E-state index is 13.0. The maximum atomic E-state index is 13.0. The van der Waals surface area contributed by atoms with Gasteiger partial charge in [-0.25, -0.2) is 9.97 Å². The van der Waals surface area contributed by atoms with Gasteiger partial charge in [-0.15, -0.1) is 0 Å². The SMILES string of the molecule is COc1cccc2c1[C@@H]1CN(CCCCC3C(=O)Nc4c(ccc5ncncc45)[N+]3=O)C[C@@H]1CO2. The summed E-state index contributed by atoms with van der Waals surface area (Å²) in [6.07, 6.45) is 5.32. The summed E-state index contributed by atoms with van der Waals surface area (Å²) in [6.45, 7) is 3.63. The van der Waals surface area contributed by atoms with Gasteiger partial charge in [-0.3, -0.25) is 4.79 Å². The van der Waals surface area contributed by atoms with Gasteiger partial charge in [-0.1, -0.05) is 6.07 Å². The summed E-state index contributed by atoms with van der Waals surface area (Å²) in [6, 6.07) is 8.79. The molecule has 9 heteroatoms. The van der Waals surface area contributed by atoms with E-state index in [0.717, 1.165) is 55.3 Å². The van der Waals surface area contributed by atoms with Crippen LogP contribution in [0, 0.1) is 10.8 Å². The Labute approximate surface area is 203 Å². The predicted octanol–water partition coefficient (Wildman–Crippen LogP) is 3.65. The number of benzene rings is 2. The summed E-state index contributed by atoms with van der Waals surface area (Å²) in [4.78, 5) is 36.5. The number of likely N-dealkylation sites (tertiary alicyclic amines) is 1. The van der Waals surface area contributed by atoms with Gasteiger partial charge < -0.3 is 19.7 Å². The highest BCUT2D eigenvalue weighted by molar-refractivity contribution is 6.07. The van der Waals surface area contributed by atoms with Gasteiger partial charge in [0.05, 0.1) is 24.0 Å². The zero-order valence-electron chi connectivity index (χ0n) is 19.6. The molecule has 180 valence electrons. The van der Waals surface area contributed by atoms with Crippen LogP contribution in [0.25, 0.3) is 10.9 Å². The fourth-order valence-corrected chi connectivity index (χ4v) is 5.79. The van der Waals surface area contributed by atoms with Gasteiger partial charge >= 0.3 is 0 Å². The fraction of sp³-hybridized carbons (Fsp3) is 0.423. The standard InChI is InChI=1S/C26H27N5O4/c1-34-22-6-4-7-23-24(22)18-13-30(12-16(18)14-35-23)10-3-2-5-21-26(32)29-25-17-11-27-15-28-19(17)8-9-20(25)31(21)33/h4,6-9,11,15-16,18,21H,2-3,5,10,12-14H2,1H3/p+1/t16-,18-,21?/m1/s1. The molecule has 0 bridgehead atoms. The van der Waals surface area contributed by atoms with E-state index in [0.29, 0.717) is 40.5 Å². The van der Waals surface area contributed by atoms with Crippen molar-refractivity contribution in [3.05, 3.63) is 53.3 Å². The molecule has 0 saturated carbocycles. The zero-order valence-corrected chi connectivity index (χ0v) is 19.6. The minimum atomic E-state index is -0.727. The molecule has 2 aromatic carbocycles. The van der Waals surface area contributed by atoms with E-state index in [1.54, 1.807) is 25.4 Å². The van der Waals surface area contributed by atoms with Crippen molar-refractivity contribution >= 4 is 28.2 Å². The molecule has 1 saturated heterocycles. The van der Waals surface area contributed by atoms with Crippen LogP contribution in [-0.2, 0) is 4.79 Å². The van der Waals surface area contributed by atoms with Crippen LogP contribution in [0.4, 0.5) is 11.4 Å². The number of hydrogen-bond acceptors (Lipinski definition) is 7. The fourth-order valence-electron chi connectivity index (χ4n) is 5.79. The number of fused-ring (bicyclic) bond motifs is 6. The summed E-state index contributed by atoms with van der Waals surface area (Å²) in [7, 11) is 1.71. The number of anilines is 1. The Bertz CT molecular complexity index is 1300. The highest BCUT2D eigenvalue weighted by atomic mass is 16.5. The number of methoxy groups -OCH3 is 1. The minimum absolute atomic E-state index is 0.267. The van der Waals surface area contributed by atoms with Gasteiger partial charge in [-0.2, -0.15) is 0 Å². The molecular weight excluding hydrogens is 446 g/mol. The highest BCUT2D eigenvalue weighted by Gasteiger charge is 2.43. The topological polar surface area (TPSA) is 96.7 Å². The molecule has 6 rings (SSSR count). The van der Waals surface area contributed by atoms with E-state index in [4.69, 9.17) is 9.47 Å². The van der Waals surface area contributed by atoms with Crippen LogP contribution in [0.2, 0.25) is 0 Å². The molecule has 4 heterocycles. The summed E-state index contributed by atoms with van der Waals surface area (Å²) in [5.41, 5.74) is 2.85. The zero-order chi connectivity index (χ0) is 23.9. The predicted molar refractivity (Wildman–Crippen MR) is 130 cm³/mol. The second-order valence-electron chi connectivity index (χ2n) is 9.55. The number of nitrogens with zero attached hydrogens (tertiary/aromatic N) is 4. The molecule has 0 aliphatic carbocycles. The average Bonchev–Trinajstić information content (AvgIpc) is 3.31. The molecular formula is C26H28N5O4+. The molecule has 0 radical (unpaired) electrons. The van der Waals surface area contributed by atoms with Gasteiger partial charge in [0.1, 0.15) is 23.5 Å².